The first kappa shape index (κ1) is 16.1. The summed E-state index contributed by atoms with van der Waals surface area (Å²) in [5.74, 6) is 0. The summed E-state index contributed by atoms with van der Waals surface area (Å²) in [6.45, 7) is -0.238. The van der Waals surface area contributed by atoms with Gasteiger partial charge in [-0.2, -0.15) is 13.2 Å². The van der Waals surface area contributed by atoms with E-state index in [2.05, 4.69) is 0 Å². The van der Waals surface area contributed by atoms with E-state index < -0.39 is 19.6 Å². The molecule has 1 aromatic carbocycles. The molecule has 0 fully saturated rings. The molecule has 0 aliphatic carbocycles. The molecule has 0 atom stereocenters. The Labute approximate surface area is 94.4 Å². The van der Waals surface area contributed by atoms with Crippen molar-refractivity contribution >= 4 is 7.82 Å². The lowest BCUT2D eigenvalue weighted by molar-refractivity contribution is -0.137. The molecular weight excluding hydrogens is 264 g/mol. The van der Waals surface area contributed by atoms with Gasteiger partial charge in [0.1, 0.15) is 0 Å². The maximum atomic E-state index is 12.0. The molecular formula is C8H10F3O5P. The summed E-state index contributed by atoms with van der Waals surface area (Å²) >= 11 is 0. The van der Waals surface area contributed by atoms with Crippen LogP contribution in [-0.2, 0) is 17.3 Å². The van der Waals surface area contributed by atoms with E-state index in [1.807, 2.05) is 0 Å². The minimum Gasteiger partial charge on any atom is -0.392 e. The van der Waals surface area contributed by atoms with Gasteiger partial charge in [0.05, 0.1) is 12.2 Å². The molecule has 0 amide bonds. The molecule has 0 aliphatic heterocycles. The second kappa shape index (κ2) is 6.13. The Bertz CT molecular complexity index is 375. The maximum absolute atomic E-state index is 12.0. The molecule has 0 aliphatic rings. The van der Waals surface area contributed by atoms with E-state index in [9.17, 15) is 13.2 Å². The number of aliphatic hydroxyl groups is 1. The van der Waals surface area contributed by atoms with E-state index in [0.717, 1.165) is 12.1 Å². The molecule has 0 saturated carbocycles. The minimum atomic E-state index is -4.64. The highest BCUT2D eigenvalue weighted by Gasteiger charge is 2.29. The van der Waals surface area contributed by atoms with E-state index in [4.69, 9.17) is 24.4 Å². The van der Waals surface area contributed by atoms with Crippen molar-refractivity contribution in [3.8, 4) is 0 Å². The van der Waals surface area contributed by atoms with Crippen LogP contribution in [0.25, 0.3) is 0 Å². The van der Waals surface area contributed by atoms with Crippen LogP contribution in [0.4, 0.5) is 13.2 Å². The lowest BCUT2D eigenvalue weighted by Crippen LogP contribution is -2.04. The van der Waals surface area contributed by atoms with Crippen LogP contribution >= 0.6 is 7.82 Å². The Morgan fingerprint density at radius 2 is 1.41 bits per heavy atom. The van der Waals surface area contributed by atoms with Gasteiger partial charge in [0, 0.05) is 0 Å². The minimum absolute atomic E-state index is 0.238. The standard InChI is InChI=1S/C8H7F3O.H3O4P/c9-8(10,11)7-3-1-6(5-12)2-4-7;1-5(2,3)4/h1-4,12H,5H2;(H3,1,2,3,4). The van der Waals surface area contributed by atoms with Crippen molar-refractivity contribution < 1.29 is 37.5 Å². The number of phosphoric acid groups is 1. The Hall–Kier alpha value is -0.920. The number of rotatable bonds is 1. The second-order valence-corrected chi connectivity index (χ2v) is 3.89. The third-order valence-electron chi connectivity index (χ3n) is 1.46. The van der Waals surface area contributed by atoms with Gasteiger partial charge >= 0.3 is 14.0 Å². The van der Waals surface area contributed by atoms with Gasteiger partial charge in [0.25, 0.3) is 0 Å². The zero-order chi connectivity index (χ0) is 13.7. The zero-order valence-corrected chi connectivity index (χ0v) is 9.19. The van der Waals surface area contributed by atoms with Gasteiger partial charge in [0.15, 0.2) is 0 Å². The SMILES string of the molecule is O=P(O)(O)O.OCc1ccc(C(F)(F)F)cc1. The predicted octanol–water partition coefficient (Wildman–Crippen LogP) is 1.27. The topological polar surface area (TPSA) is 98.0 Å². The summed E-state index contributed by atoms with van der Waals surface area (Å²) in [6, 6.07) is 4.41. The summed E-state index contributed by atoms with van der Waals surface area (Å²) in [7, 11) is -4.64. The number of benzene rings is 1. The first-order valence-electron chi connectivity index (χ1n) is 4.09. The highest BCUT2D eigenvalue weighted by Crippen LogP contribution is 2.29. The summed E-state index contributed by atoms with van der Waals surface area (Å²) in [6.07, 6.45) is -4.30. The van der Waals surface area contributed by atoms with Crippen molar-refractivity contribution in [1.29, 1.82) is 0 Å². The van der Waals surface area contributed by atoms with Gasteiger partial charge in [-0.3, -0.25) is 0 Å². The van der Waals surface area contributed by atoms with E-state index in [1.165, 1.54) is 12.1 Å². The van der Waals surface area contributed by atoms with E-state index >= 15 is 0 Å². The third kappa shape index (κ3) is 8.84. The molecule has 0 saturated heterocycles. The fourth-order valence-corrected chi connectivity index (χ4v) is 0.799. The van der Waals surface area contributed by atoms with E-state index in [-0.39, 0.29) is 6.61 Å². The average molecular weight is 274 g/mol. The summed E-state index contributed by atoms with van der Waals surface area (Å²) in [5.41, 5.74) is -0.220. The van der Waals surface area contributed by atoms with Crippen molar-refractivity contribution in [3.05, 3.63) is 35.4 Å². The van der Waals surface area contributed by atoms with Crippen molar-refractivity contribution in [2.75, 3.05) is 0 Å². The van der Waals surface area contributed by atoms with Gasteiger partial charge in [0.2, 0.25) is 0 Å². The summed E-state index contributed by atoms with van der Waals surface area (Å²) in [4.78, 5) is 21.6. The molecule has 0 bridgehead atoms. The Morgan fingerprint density at radius 3 is 1.65 bits per heavy atom. The highest BCUT2D eigenvalue weighted by molar-refractivity contribution is 7.45. The van der Waals surface area contributed by atoms with Gasteiger partial charge in [-0.05, 0) is 17.7 Å². The molecule has 4 N–H and O–H groups in total. The van der Waals surface area contributed by atoms with Crippen LogP contribution in [0.15, 0.2) is 24.3 Å². The average Bonchev–Trinajstić information content (AvgIpc) is 2.14. The van der Waals surface area contributed by atoms with Crippen molar-refractivity contribution in [2.45, 2.75) is 12.8 Å². The lowest BCUT2D eigenvalue weighted by atomic mass is 10.1. The fourth-order valence-electron chi connectivity index (χ4n) is 0.799. The number of halogens is 3. The quantitative estimate of drug-likeness (QED) is 0.578. The lowest BCUT2D eigenvalue weighted by Gasteiger charge is -2.05. The normalized spacial score (nSPS) is 11.7. The fraction of sp³-hybridized carbons (Fsp3) is 0.250. The van der Waals surface area contributed by atoms with Crippen LogP contribution in [0.3, 0.4) is 0 Å². The molecule has 17 heavy (non-hydrogen) atoms. The third-order valence-corrected chi connectivity index (χ3v) is 1.46. The Morgan fingerprint density at radius 1 is 1.06 bits per heavy atom. The Kier molecular flexibility index (Phi) is 5.80. The van der Waals surface area contributed by atoms with Crippen LogP contribution in [0.2, 0.25) is 0 Å². The second-order valence-electron chi connectivity index (χ2n) is 2.87. The molecule has 5 nitrogen and oxygen atoms in total. The summed E-state index contributed by atoms with van der Waals surface area (Å²) in [5, 5.41) is 8.55. The van der Waals surface area contributed by atoms with Crippen molar-refractivity contribution in [1.82, 2.24) is 0 Å². The van der Waals surface area contributed by atoms with Crippen molar-refractivity contribution in [3.63, 3.8) is 0 Å². The van der Waals surface area contributed by atoms with E-state index in [1.54, 1.807) is 0 Å². The van der Waals surface area contributed by atoms with Gasteiger partial charge in [-0.15, -0.1) is 0 Å². The van der Waals surface area contributed by atoms with Gasteiger partial charge < -0.3 is 19.8 Å². The predicted molar refractivity (Wildman–Crippen MR) is 51.6 cm³/mol. The van der Waals surface area contributed by atoms with Crippen LogP contribution in [0.5, 0.6) is 0 Å². The van der Waals surface area contributed by atoms with E-state index in [0.29, 0.717) is 5.56 Å². The van der Waals surface area contributed by atoms with Crippen LogP contribution in [-0.4, -0.2) is 19.8 Å². The van der Waals surface area contributed by atoms with Crippen LogP contribution in [0, 0.1) is 0 Å². The largest absolute Gasteiger partial charge is 0.466 e. The first-order valence-corrected chi connectivity index (χ1v) is 5.66. The van der Waals surface area contributed by atoms with Gasteiger partial charge in [-0.25, -0.2) is 4.57 Å². The number of hydrogen-bond donors (Lipinski definition) is 4. The molecule has 0 heterocycles. The van der Waals surface area contributed by atoms with Crippen LogP contribution in [0.1, 0.15) is 11.1 Å². The molecule has 0 aromatic heterocycles. The molecule has 0 radical (unpaired) electrons. The zero-order valence-electron chi connectivity index (χ0n) is 8.29. The molecule has 0 unspecified atom stereocenters. The number of hydrogen-bond acceptors (Lipinski definition) is 2. The first-order chi connectivity index (χ1) is 7.54. The molecule has 1 aromatic rings. The molecule has 9 heteroatoms. The number of aliphatic hydroxyl groups excluding tert-OH is 1. The highest BCUT2D eigenvalue weighted by atomic mass is 31.2. The maximum Gasteiger partial charge on any atom is 0.466 e. The molecule has 98 valence electrons. The summed E-state index contributed by atoms with van der Waals surface area (Å²) < 4.78 is 44.8. The molecule has 1 rings (SSSR count). The van der Waals surface area contributed by atoms with Crippen molar-refractivity contribution in [2.24, 2.45) is 0 Å². The molecule has 0 spiro atoms. The monoisotopic (exact) mass is 274 g/mol. The number of alkyl halides is 3. The van der Waals surface area contributed by atoms with Crippen LogP contribution < -0.4 is 0 Å². The van der Waals surface area contributed by atoms with Gasteiger partial charge in [-0.1, -0.05) is 12.1 Å². The Balaban J connectivity index is 0.000000437. The smallest absolute Gasteiger partial charge is 0.392 e.